The molecule has 104 valence electrons. The Morgan fingerprint density at radius 2 is 2.40 bits per heavy atom. The van der Waals surface area contributed by atoms with Gasteiger partial charge in [0, 0.05) is 19.2 Å². The van der Waals surface area contributed by atoms with Crippen LogP contribution in [0.2, 0.25) is 0 Å². The SMILES string of the molecule is COc1ncccc1C(=O)NCc1nnc2n1CCC2. The van der Waals surface area contributed by atoms with Crippen LogP contribution in [0.25, 0.3) is 0 Å². The Morgan fingerprint density at radius 1 is 1.50 bits per heavy atom. The number of hydrogen-bond acceptors (Lipinski definition) is 5. The molecule has 0 spiro atoms. The van der Waals surface area contributed by atoms with Gasteiger partial charge in [-0.3, -0.25) is 4.79 Å². The number of nitrogens with zero attached hydrogens (tertiary/aromatic N) is 4. The van der Waals surface area contributed by atoms with Crippen LogP contribution in [-0.4, -0.2) is 32.8 Å². The summed E-state index contributed by atoms with van der Waals surface area (Å²) in [7, 11) is 1.49. The molecule has 1 amide bonds. The van der Waals surface area contributed by atoms with Crippen molar-refractivity contribution in [1.82, 2.24) is 25.1 Å². The summed E-state index contributed by atoms with van der Waals surface area (Å²) >= 11 is 0. The van der Waals surface area contributed by atoms with Crippen LogP contribution < -0.4 is 10.1 Å². The van der Waals surface area contributed by atoms with E-state index < -0.39 is 0 Å². The third-order valence-corrected chi connectivity index (χ3v) is 3.30. The van der Waals surface area contributed by atoms with Crippen molar-refractivity contribution < 1.29 is 9.53 Å². The smallest absolute Gasteiger partial charge is 0.257 e. The number of nitrogens with one attached hydrogen (secondary N) is 1. The molecular formula is C13H15N5O2. The predicted molar refractivity (Wildman–Crippen MR) is 70.3 cm³/mol. The van der Waals surface area contributed by atoms with Gasteiger partial charge in [0.25, 0.3) is 5.91 Å². The van der Waals surface area contributed by atoms with Gasteiger partial charge in [0.15, 0.2) is 5.82 Å². The van der Waals surface area contributed by atoms with Gasteiger partial charge in [-0.1, -0.05) is 0 Å². The number of aromatic nitrogens is 4. The number of pyridine rings is 1. The van der Waals surface area contributed by atoms with Crippen LogP contribution in [0.3, 0.4) is 0 Å². The zero-order valence-electron chi connectivity index (χ0n) is 11.2. The number of methoxy groups -OCH3 is 1. The van der Waals surface area contributed by atoms with Gasteiger partial charge in [0.05, 0.1) is 13.7 Å². The summed E-state index contributed by atoms with van der Waals surface area (Å²) in [5.41, 5.74) is 0.413. The molecule has 1 aliphatic heterocycles. The van der Waals surface area contributed by atoms with Crippen molar-refractivity contribution in [3.8, 4) is 5.88 Å². The van der Waals surface area contributed by atoms with Gasteiger partial charge in [-0.15, -0.1) is 10.2 Å². The number of carbonyl (C=O) groups excluding carboxylic acids is 1. The Labute approximate surface area is 116 Å². The molecule has 7 heteroatoms. The number of fused-ring (bicyclic) bond motifs is 1. The summed E-state index contributed by atoms with van der Waals surface area (Å²) in [6.45, 7) is 1.27. The third kappa shape index (κ3) is 2.22. The average molecular weight is 273 g/mol. The van der Waals surface area contributed by atoms with Gasteiger partial charge in [-0.2, -0.15) is 0 Å². The highest BCUT2D eigenvalue weighted by Gasteiger charge is 2.18. The molecule has 0 fully saturated rings. The van der Waals surface area contributed by atoms with E-state index in [4.69, 9.17) is 4.74 Å². The van der Waals surface area contributed by atoms with Gasteiger partial charge in [-0.25, -0.2) is 4.98 Å². The number of rotatable bonds is 4. The summed E-state index contributed by atoms with van der Waals surface area (Å²) < 4.78 is 7.13. The molecular weight excluding hydrogens is 258 g/mol. The maximum absolute atomic E-state index is 12.1. The first-order valence-corrected chi connectivity index (χ1v) is 6.47. The van der Waals surface area contributed by atoms with E-state index in [1.165, 1.54) is 7.11 Å². The lowest BCUT2D eigenvalue weighted by Crippen LogP contribution is -2.25. The summed E-state index contributed by atoms with van der Waals surface area (Å²) in [6.07, 6.45) is 3.63. The number of ether oxygens (including phenoxy) is 1. The molecule has 1 N–H and O–H groups in total. The van der Waals surface area contributed by atoms with E-state index in [9.17, 15) is 4.79 Å². The van der Waals surface area contributed by atoms with Crippen LogP contribution in [-0.2, 0) is 19.5 Å². The Morgan fingerprint density at radius 3 is 3.25 bits per heavy atom. The minimum absolute atomic E-state index is 0.231. The van der Waals surface area contributed by atoms with E-state index in [2.05, 4.69) is 25.1 Å². The lowest BCUT2D eigenvalue weighted by atomic mass is 10.2. The molecule has 0 unspecified atom stereocenters. The Bertz CT molecular complexity index is 637. The lowest BCUT2D eigenvalue weighted by Gasteiger charge is -2.08. The maximum Gasteiger partial charge on any atom is 0.257 e. The second kappa shape index (κ2) is 5.28. The van der Waals surface area contributed by atoms with Crippen molar-refractivity contribution in [2.24, 2.45) is 0 Å². The summed E-state index contributed by atoms with van der Waals surface area (Å²) in [6, 6.07) is 3.38. The Balaban J connectivity index is 1.70. The largest absolute Gasteiger partial charge is 0.480 e. The quantitative estimate of drug-likeness (QED) is 0.880. The highest BCUT2D eigenvalue weighted by Crippen LogP contribution is 2.15. The zero-order chi connectivity index (χ0) is 13.9. The summed E-state index contributed by atoms with van der Waals surface area (Å²) in [5, 5.41) is 11.0. The molecule has 7 nitrogen and oxygen atoms in total. The fraction of sp³-hybridized carbons (Fsp3) is 0.385. The molecule has 3 heterocycles. The minimum atomic E-state index is -0.231. The number of aryl methyl sites for hydroxylation is 1. The average Bonchev–Trinajstić information content (AvgIpc) is 3.08. The first-order chi connectivity index (χ1) is 9.79. The Kier molecular flexibility index (Phi) is 3.32. The molecule has 0 saturated carbocycles. The number of amides is 1. The second-order valence-corrected chi connectivity index (χ2v) is 4.53. The molecule has 0 bridgehead atoms. The van der Waals surface area contributed by atoms with Crippen LogP contribution in [0.5, 0.6) is 5.88 Å². The van der Waals surface area contributed by atoms with E-state index in [0.29, 0.717) is 18.0 Å². The van der Waals surface area contributed by atoms with Crippen molar-refractivity contribution in [3.05, 3.63) is 35.5 Å². The van der Waals surface area contributed by atoms with E-state index in [0.717, 1.165) is 31.0 Å². The van der Waals surface area contributed by atoms with Crippen LogP contribution in [0.15, 0.2) is 18.3 Å². The van der Waals surface area contributed by atoms with Crippen molar-refractivity contribution in [3.63, 3.8) is 0 Å². The standard InChI is InChI=1S/C13H15N5O2/c1-20-13-9(4-2-6-14-13)12(19)15-8-11-17-16-10-5-3-7-18(10)11/h2,4,6H,3,5,7-8H2,1H3,(H,15,19). The predicted octanol–water partition coefficient (Wildman–Crippen LogP) is 0.558. The molecule has 0 aliphatic carbocycles. The van der Waals surface area contributed by atoms with Crippen molar-refractivity contribution in [2.45, 2.75) is 25.9 Å². The van der Waals surface area contributed by atoms with Crippen molar-refractivity contribution in [1.29, 1.82) is 0 Å². The number of carbonyl (C=O) groups is 1. The van der Waals surface area contributed by atoms with Gasteiger partial charge in [-0.05, 0) is 18.6 Å². The molecule has 0 saturated heterocycles. The fourth-order valence-corrected chi connectivity index (χ4v) is 2.32. The van der Waals surface area contributed by atoms with Crippen LogP contribution in [0.1, 0.15) is 28.4 Å². The molecule has 1 aliphatic rings. The van der Waals surface area contributed by atoms with Gasteiger partial charge >= 0.3 is 0 Å². The maximum atomic E-state index is 12.1. The summed E-state index contributed by atoms with van der Waals surface area (Å²) in [5.74, 6) is 1.86. The lowest BCUT2D eigenvalue weighted by molar-refractivity contribution is 0.0945. The third-order valence-electron chi connectivity index (χ3n) is 3.30. The molecule has 0 aromatic carbocycles. The van der Waals surface area contributed by atoms with E-state index in [1.807, 2.05) is 0 Å². The Hall–Kier alpha value is -2.44. The molecule has 2 aromatic rings. The van der Waals surface area contributed by atoms with Crippen molar-refractivity contribution in [2.75, 3.05) is 7.11 Å². The highest BCUT2D eigenvalue weighted by atomic mass is 16.5. The van der Waals surface area contributed by atoms with Gasteiger partial charge < -0.3 is 14.6 Å². The van der Waals surface area contributed by atoms with Crippen LogP contribution in [0, 0.1) is 0 Å². The first kappa shape index (κ1) is 12.6. The van der Waals surface area contributed by atoms with Crippen LogP contribution >= 0.6 is 0 Å². The molecule has 0 atom stereocenters. The van der Waals surface area contributed by atoms with Crippen LogP contribution in [0.4, 0.5) is 0 Å². The van der Waals surface area contributed by atoms with Gasteiger partial charge in [0.2, 0.25) is 5.88 Å². The fourth-order valence-electron chi connectivity index (χ4n) is 2.32. The molecule has 2 aromatic heterocycles. The normalized spacial score (nSPS) is 13.1. The second-order valence-electron chi connectivity index (χ2n) is 4.53. The van der Waals surface area contributed by atoms with Gasteiger partial charge in [0.1, 0.15) is 11.4 Å². The topological polar surface area (TPSA) is 81.9 Å². The minimum Gasteiger partial charge on any atom is -0.480 e. The summed E-state index contributed by atoms with van der Waals surface area (Å²) in [4.78, 5) is 16.1. The number of hydrogen-bond donors (Lipinski definition) is 1. The highest BCUT2D eigenvalue weighted by molar-refractivity contribution is 5.96. The zero-order valence-corrected chi connectivity index (χ0v) is 11.2. The van der Waals surface area contributed by atoms with E-state index in [1.54, 1.807) is 18.3 Å². The van der Waals surface area contributed by atoms with Crippen molar-refractivity contribution >= 4 is 5.91 Å². The monoisotopic (exact) mass is 273 g/mol. The van der Waals surface area contributed by atoms with E-state index >= 15 is 0 Å². The molecule has 0 radical (unpaired) electrons. The molecule has 20 heavy (non-hydrogen) atoms. The molecule has 3 rings (SSSR count). The van der Waals surface area contributed by atoms with E-state index in [-0.39, 0.29) is 5.91 Å². The first-order valence-electron chi connectivity index (χ1n) is 6.47.